The number of phenolic OH excluding ortho intramolecular Hbond substituents is 3. The average Bonchev–Trinajstić information content (AvgIpc) is 3.16. The normalized spacial score (nSPS) is 10.5. The Labute approximate surface area is 405 Å². The zero-order valence-electron chi connectivity index (χ0n) is 33.5. The first-order chi connectivity index (χ1) is 29.3. The summed E-state index contributed by atoms with van der Waals surface area (Å²) < 4.78 is 92.0. The van der Waals surface area contributed by atoms with Crippen molar-refractivity contribution in [3.05, 3.63) is 139 Å². The molecule has 0 heterocycles. The molecule has 14 N–H and O–H groups in total. The number of nitrogen functional groups attached to an aromatic ring is 4. The first kappa shape index (κ1) is 59.4. The van der Waals surface area contributed by atoms with Crippen molar-refractivity contribution in [2.24, 2.45) is 0 Å². The molecule has 0 saturated heterocycles. The molecule has 0 aliphatic rings. The molecule has 0 aliphatic carbocycles. The number of hydrogen-bond acceptors (Lipinski definition) is 20. The summed E-state index contributed by atoms with van der Waals surface area (Å²) in [6, 6.07) is 20.5. The number of nitro groups is 3. The van der Waals surface area contributed by atoms with Crippen molar-refractivity contribution >= 4 is 80.9 Å². The van der Waals surface area contributed by atoms with Crippen molar-refractivity contribution < 1.29 is 121 Å². The second kappa shape index (κ2) is 24.6. The summed E-state index contributed by atoms with van der Waals surface area (Å²) in [7, 11) is -13.2. The van der Waals surface area contributed by atoms with E-state index in [4.69, 9.17) is 46.8 Å². The van der Waals surface area contributed by atoms with Gasteiger partial charge in [-0.15, -0.1) is 0 Å². The monoisotopic (exact) mass is 1030 g/mol. The number of phenols is 3. The number of aryl methyl sites for hydroxylation is 1. The van der Waals surface area contributed by atoms with Crippen LogP contribution in [0.1, 0.15) is 5.56 Å². The SMILES string of the molecule is Cc1cc(S(=O)(=O)O)ccc1N.Nc1cc(S(=O)(=O)O)cc2cc(S(=O)(=O)O)cc(O)c12.Nc1cc([N+](=O)[O-])cc([N+](=O)[O-])c1[O-].Nc1ccc([N+](=O)[O-])cc1.Oc1cccc(O)c1.[Fe].[Na+]. The van der Waals surface area contributed by atoms with Crippen LogP contribution in [-0.2, 0) is 47.4 Å². The Balaban J connectivity index is 0.000000822. The Hall–Kier alpha value is -6.57. The fraction of sp³-hybridized carbons (Fsp3) is 0.0286. The zero-order chi connectivity index (χ0) is 49.1. The van der Waals surface area contributed by atoms with Crippen molar-refractivity contribution in [2.75, 3.05) is 22.9 Å². The molecule has 0 radical (unpaired) electrons. The molecule has 0 amide bonds. The van der Waals surface area contributed by atoms with Gasteiger partial charge in [0.25, 0.3) is 47.4 Å². The molecular formula is C35H34FeN7NaO19S3. The van der Waals surface area contributed by atoms with Gasteiger partial charge >= 0.3 is 29.6 Å². The Morgan fingerprint density at radius 1 is 0.530 bits per heavy atom. The summed E-state index contributed by atoms with van der Waals surface area (Å²) in [4.78, 5) is 27.0. The Bertz CT molecular complexity index is 2990. The van der Waals surface area contributed by atoms with E-state index in [1.165, 1.54) is 60.7 Å². The summed E-state index contributed by atoms with van der Waals surface area (Å²) in [5.74, 6) is -1.38. The largest absolute Gasteiger partial charge is 1.00 e. The Kier molecular flexibility index (Phi) is 22.2. The molecule has 31 heteroatoms. The number of nitrogens with two attached hydrogens (primary N) is 4. The van der Waals surface area contributed by atoms with Gasteiger partial charge in [0, 0.05) is 75.5 Å². The summed E-state index contributed by atoms with van der Waals surface area (Å²) in [5.41, 5.74) is 21.0. The molecule has 6 rings (SSSR count). The van der Waals surface area contributed by atoms with Crippen molar-refractivity contribution in [2.45, 2.75) is 21.6 Å². The minimum atomic E-state index is -4.59. The maximum absolute atomic E-state index is 11.1. The predicted molar refractivity (Wildman–Crippen MR) is 226 cm³/mol. The maximum Gasteiger partial charge on any atom is 1.00 e. The van der Waals surface area contributed by atoms with Gasteiger partial charge in [-0.1, -0.05) is 6.07 Å². The molecule has 0 bridgehead atoms. The Morgan fingerprint density at radius 3 is 1.39 bits per heavy atom. The van der Waals surface area contributed by atoms with Crippen LogP contribution in [0.25, 0.3) is 10.8 Å². The summed E-state index contributed by atoms with van der Waals surface area (Å²) >= 11 is 0. The van der Waals surface area contributed by atoms with E-state index in [0.29, 0.717) is 23.0 Å². The first-order valence-electron chi connectivity index (χ1n) is 16.6. The van der Waals surface area contributed by atoms with Crippen molar-refractivity contribution in [3.63, 3.8) is 0 Å². The van der Waals surface area contributed by atoms with Crippen LogP contribution in [0.15, 0.2) is 118 Å². The third-order valence-electron chi connectivity index (χ3n) is 7.56. The minimum absolute atomic E-state index is 0. The van der Waals surface area contributed by atoms with E-state index in [0.717, 1.165) is 30.3 Å². The van der Waals surface area contributed by atoms with Crippen LogP contribution in [0.2, 0.25) is 0 Å². The number of fused-ring (bicyclic) bond motifs is 1. The number of nitro benzene ring substituents is 3. The van der Waals surface area contributed by atoms with Crippen molar-refractivity contribution in [1.29, 1.82) is 0 Å². The zero-order valence-corrected chi connectivity index (χ0v) is 39.1. The second-order valence-corrected chi connectivity index (χ2v) is 16.5. The van der Waals surface area contributed by atoms with Crippen LogP contribution < -0.4 is 57.6 Å². The molecule has 0 aromatic heterocycles. The second-order valence-electron chi connectivity index (χ2n) is 12.3. The number of aromatic hydroxyl groups is 3. The van der Waals surface area contributed by atoms with E-state index in [-0.39, 0.29) is 85.2 Å². The van der Waals surface area contributed by atoms with Gasteiger partial charge in [-0.2, -0.15) is 25.3 Å². The molecule has 26 nitrogen and oxygen atoms in total. The van der Waals surface area contributed by atoms with Crippen LogP contribution in [0.5, 0.6) is 23.0 Å². The van der Waals surface area contributed by atoms with Crippen LogP contribution in [0.3, 0.4) is 0 Å². The Morgan fingerprint density at radius 2 is 1.00 bits per heavy atom. The van der Waals surface area contributed by atoms with Gasteiger partial charge in [0.2, 0.25) is 0 Å². The fourth-order valence-corrected chi connectivity index (χ4v) is 6.18. The number of nitrogens with zero attached hydrogens (tertiary/aromatic N) is 3. The third kappa shape index (κ3) is 18.1. The van der Waals surface area contributed by atoms with Gasteiger partial charge < -0.3 is 43.4 Å². The number of hydrogen-bond donors (Lipinski definition) is 10. The molecule has 0 spiro atoms. The van der Waals surface area contributed by atoms with Crippen LogP contribution in [0, 0.1) is 37.3 Å². The molecule has 6 aromatic rings. The average molecular weight is 1030 g/mol. The van der Waals surface area contributed by atoms with Gasteiger partial charge in [0.15, 0.2) is 0 Å². The minimum Gasteiger partial charge on any atom is -0.866 e. The molecule has 0 aliphatic heterocycles. The van der Waals surface area contributed by atoms with Gasteiger partial charge in [-0.05, 0) is 84.3 Å². The van der Waals surface area contributed by atoms with E-state index >= 15 is 0 Å². The predicted octanol–water partition coefficient (Wildman–Crippen LogP) is 0.880. The van der Waals surface area contributed by atoms with Crippen molar-refractivity contribution in [3.8, 4) is 23.0 Å². The number of anilines is 4. The van der Waals surface area contributed by atoms with Gasteiger partial charge in [0.05, 0.1) is 35.5 Å². The van der Waals surface area contributed by atoms with Crippen LogP contribution in [-0.4, -0.2) is 69.0 Å². The molecular weight excluding hydrogens is 997 g/mol. The van der Waals surface area contributed by atoms with E-state index in [9.17, 15) is 65.8 Å². The quantitative estimate of drug-likeness (QED) is 0.0364. The number of non-ortho nitro benzene ring substituents is 2. The van der Waals surface area contributed by atoms with E-state index in [2.05, 4.69) is 0 Å². The van der Waals surface area contributed by atoms with E-state index in [1.807, 2.05) is 0 Å². The van der Waals surface area contributed by atoms with Gasteiger partial charge in [0.1, 0.15) is 17.2 Å². The molecule has 66 heavy (non-hydrogen) atoms. The maximum atomic E-state index is 11.1. The molecule has 0 saturated carbocycles. The summed E-state index contributed by atoms with van der Waals surface area (Å²) in [6.07, 6.45) is 0. The number of benzene rings is 6. The van der Waals surface area contributed by atoms with Crippen molar-refractivity contribution in [1.82, 2.24) is 0 Å². The van der Waals surface area contributed by atoms with Crippen LogP contribution >= 0.6 is 0 Å². The molecule has 0 fully saturated rings. The van der Waals surface area contributed by atoms with Gasteiger partial charge in [-0.3, -0.25) is 44.0 Å². The van der Waals surface area contributed by atoms with E-state index < -0.39 is 83.5 Å². The summed E-state index contributed by atoms with van der Waals surface area (Å²) in [5, 5.41) is 68.6. The molecule has 0 atom stereocenters. The number of rotatable bonds is 6. The fourth-order valence-electron chi connectivity index (χ4n) is 4.53. The molecule has 6 aromatic carbocycles. The van der Waals surface area contributed by atoms with E-state index in [1.54, 1.807) is 13.0 Å². The summed E-state index contributed by atoms with van der Waals surface area (Å²) in [6.45, 7) is 1.67. The smallest absolute Gasteiger partial charge is 0.866 e. The standard InChI is InChI=1S/C10H9NO7S2.C7H9NO3S.C6H5N3O5.C6H6N2O2.C6H6O2.Fe.Na/c11-8-3-6(19(13,14)15)1-5-2-7(20(16,17)18)4-9(12)10(5)8;1-5-4-6(12(9,10)11)2-3-7(5)8;7-4-1-3(8(11)12)2-5(6(4)10)9(13)14;7-5-1-3-6(4-2-5)8(9)10;7-5-2-1-3-6(8)4-5;;/h1-4,12H,11H2,(H,13,14,15)(H,16,17,18);2-4H,8H2,1H3,(H,9,10,11);1-2,10H,7H2;1-4H,7H2;1-4,7-8H;;/q;;;;;;+1/p-1. The molecule has 0 unspecified atom stereocenters. The molecule has 350 valence electrons. The third-order valence-corrected chi connectivity index (χ3v) is 10.1. The van der Waals surface area contributed by atoms with Crippen LogP contribution in [0.4, 0.5) is 39.8 Å². The first-order valence-corrected chi connectivity index (χ1v) is 20.9. The topological polar surface area (TPSA) is 480 Å². The van der Waals surface area contributed by atoms with Gasteiger partial charge in [-0.25, -0.2) is 0 Å².